The summed E-state index contributed by atoms with van der Waals surface area (Å²) in [4.78, 5) is 15.7. The first-order valence-electron chi connectivity index (χ1n) is 12.9. The summed E-state index contributed by atoms with van der Waals surface area (Å²) in [6, 6.07) is 0. The van der Waals surface area contributed by atoms with E-state index >= 15 is 0 Å². The van der Waals surface area contributed by atoms with Crippen LogP contribution in [0.25, 0.3) is 0 Å². The lowest BCUT2D eigenvalue weighted by molar-refractivity contribution is -0.133. The molecule has 2 N–H and O–H groups in total. The fourth-order valence-corrected chi connectivity index (χ4v) is 9.02. The fraction of sp³-hybridized carbons (Fsp3) is 0.962. The minimum absolute atomic E-state index is 0.168. The van der Waals surface area contributed by atoms with E-state index in [4.69, 9.17) is 0 Å². The zero-order chi connectivity index (χ0) is 21.1. The van der Waals surface area contributed by atoms with Crippen molar-refractivity contribution in [2.45, 2.75) is 96.2 Å². The molecule has 8 atom stereocenters. The van der Waals surface area contributed by atoms with E-state index in [0.29, 0.717) is 12.3 Å². The van der Waals surface area contributed by atoms with Gasteiger partial charge in [-0.15, -0.1) is 0 Å². The predicted molar refractivity (Wildman–Crippen MR) is 118 cm³/mol. The van der Waals surface area contributed by atoms with Crippen LogP contribution in [0.2, 0.25) is 0 Å². The number of likely N-dealkylation sites (tertiary alicyclic amines) is 1. The van der Waals surface area contributed by atoms with E-state index in [-0.39, 0.29) is 17.4 Å². The summed E-state index contributed by atoms with van der Waals surface area (Å²) >= 11 is 0. The van der Waals surface area contributed by atoms with Crippen molar-refractivity contribution in [2.24, 2.45) is 40.9 Å². The van der Waals surface area contributed by atoms with Crippen LogP contribution in [0.5, 0.6) is 0 Å². The van der Waals surface area contributed by atoms with Gasteiger partial charge in [0.05, 0.1) is 18.2 Å². The summed E-state index contributed by atoms with van der Waals surface area (Å²) in [5, 5.41) is 20.4. The number of carbonyl (C=O) groups excluding carboxylic acids is 1. The summed E-state index contributed by atoms with van der Waals surface area (Å²) in [7, 11) is 0. The number of Topliss-reactive ketones (excluding diaryl/α,β-unsaturated/α-hetero) is 1. The number of carbonyl (C=O) groups is 1. The number of nitrogens with zero attached hydrogens (tertiary/aromatic N) is 1. The Bertz CT molecular complexity index is 655. The van der Waals surface area contributed by atoms with Gasteiger partial charge in [-0.2, -0.15) is 0 Å². The van der Waals surface area contributed by atoms with Gasteiger partial charge in [-0.25, -0.2) is 0 Å². The number of hydrogen-bond donors (Lipinski definition) is 2. The van der Waals surface area contributed by atoms with Gasteiger partial charge >= 0.3 is 0 Å². The van der Waals surface area contributed by atoms with Gasteiger partial charge in [-0.3, -0.25) is 9.69 Å². The van der Waals surface area contributed by atoms with E-state index in [1.807, 2.05) is 6.92 Å². The highest BCUT2D eigenvalue weighted by molar-refractivity contribution is 5.84. The van der Waals surface area contributed by atoms with Crippen molar-refractivity contribution in [1.82, 2.24) is 4.90 Å². The molecule has 4 nitrogen and oxygen atoms in total. The molecule has 0 amide bonds. The highest BCUT2D eigenvalue weighted by atomic mass is 16.3. The van der Waals surface area contributed by atoms with Gasteiger partial charge in [0.25, 0.3) is 0 Å². The molecule has 0 aromatic carbocycles. The average Bonchev–Trinajstić information content (AvgIpc) is 3.06. The minimum Gasteiger partial charge on any atom is -0.393 e. The molecule has 0 aromatic heterocycles. The van der Waals surface area contributed by atoms with Crippen molar-refractivity contribution >= 4 is 5.78 Å². The first-order valence-corrected chi connectivity index (χ1v) is 12.9. The summed E-state index contributed by atoms with van der Waals surface area (Å²) in [6.07, 6.45) is 12.2. The predicted octanol–water partition coefficient (Wildman–Crippen LogP) is 4.03. The molecule has 4 aliphatic carbocycles. The van der Waals surface area contributed by atoms with Crippen LogP contribution in [0, 0.1) is 40.9 Å². The Hall–Kier alpha value is -0.450. The zero-order valence-electron chi connectivity index (χ0n) is 19.2. The van der Waals surface area contributed by atoms with Gasteiger partial charge in [0.1, 0.15) is 5.78 Å². The second-order valence-corrected chi connectivity index (χ2v) is 12.3. The van der Waals surface area contributed by atoms with Crippen molar-refractivity contribution in [1.29, 1.82) is 0 Å². The Morgan fingerprint density at radius 2 is 1.63 bits per heavy atom. The molecule has 5 fully saturated rings. The standard InChI is InChI=1S/C26H43NO3/c1-25(30)11-7-19-17(15-25)3-4-21-20(19)8-12-26(2)22(21)5-6-23(26)24(29)16-27-13-9-18(28)10-14-27/h17-23,28,30H,3-16H2,1-2H3/t17-,19+,20-,21-,22+,23-,25-,26+/m1/s1. The quantitative estimate of drug-likeness (QED) is 0.728. The smallest absolute Gasteiger partial charge is 0.150 e. The lowest BCUT2D eigenvalue weighted by Crippen LogP contribution is -2.51. The molecule has 0 bridgehead atoms. The van der Waals surface area contributed by atoms with E-state index in [0.717, 1.165) is 74.8 Å². The Morgan fingerprint density at radius 1 is 0.900 bits per heavy atom. The number of ketones is 1. The average molecular weight is 418 g/mol. The Balaban J connectivity index is 1.26. The van der Waals surface area contributed by atoms with Crippen LogP contribution in [0.1, 0.15) is 84.5 Å². The molecular weight excluding hydrogens is 374 g/mol. The van der Waals surface area contributed by atoms with E-state index in [9.17, 15) is 15.0 Å². The van der Waals surface area contributed by atoms with Crippen LogP contribution in [-0.2, 0) is 4.79 Å². The van der Waals surface area contributed by atoms with E-state index in [1.54, 1.807) is 0 Å². The summed E-state index contributed by atoms with van der Waals surface area (Å²) in [6.45, 7) is 6.85. The molecule has 170 valence electrons. The summed E-state index contributed by atoms with van der Waals surface area (Å²) in [5.41, 5.74) is -0.229. The molecule has 1 aliphatic heterocycles. The van der Waals surface area contributed by atoms with Gasteiger partial charge in [-0.05, 0) is 113 Å². The molecule has 30 heavy (non-hydrogen) atoms. The number of fused-ring (bicyclic) bond motifs is 5. The zero-order valence-corrected chi connectivity index (χ0v) is 19.2. The van der Waals surface area contributed by atoms with Gasteiger partial charge in [-0.1, -0.05) is 6.92 Å². The Labute approximate surface area is 182 Å². The summed E-state index contributed by atoms with van der Waals surface area (Å²) in [5.74, 6) is 4.68. The largest absolute Gasteiger partial charge is 0.393 e. The maximum atomic E-state index is 13.4. The molecule has 0 aromatic rings. The number of rotatable bonds is 3. The van der Waals surface area contributed by atoms with Crippen LogP contribution in [0.3, 0.4) is 0 Å². The molecule has 5 rings (SSSR count). The first kappa shape index (κ1) is 21.4. The molecule has 0 spiro atoms. The molecule has 4 saturated carbocycles. The molecule has 1 saturated heterocycles. The number of hydrogen-bond acceptors (Lipinski definition) is 4. The normalized spacial score (nSPS) is 49.9. The topological polar surface area (TPSA) is 60.8 Å². The maximum absolute atomic E-state index is 13.4. The molecule has 0 radical (unpaired) electrons. The van der Waals surface area contributed by atoms with Crippen molar-refractivity contribution in [3.8, 4) is 0 Å². The molecular formula is C26H43NO3. The third-order valence-electron chi connectivity index (χ3n) is 10.6. The van der Waals surface area contributed by atoms with E-state index in [1.165, 1.54) is 38.5 Å². The lowest BCUT2D eigenvalue weighted by Gasteiger charge is -2.57. The van der Waals surface area contributed by atoms with Crippen LogP contribution >= 0.6 is 0 Å². The highest BCUT2D eigenvalue weighted by Crippen LogP contribution is 2.64. The van der Waals surface area contributed by atoms with Gasteiger partial charge in [0, 0.05) is 19.0 Å². The summed E-state index contributed by atoms with van der Waals surface area (Å²) < 4.78 is 0. The van der Waals surface area contributed by atoms with Crippen LogP contribution in [0.15, 0.2) is 0 Å². The van der Waals surface area contributed by atoms with E-state index in [2.05, 4.69) is 11.8 Å². The SMILES string of the molecule is C[C@@]1(O)CC[C@H]2[C@H](CC[C@@H]3[C@@H]2CC[C@]2(C)[C@@H](C(=O)CN4CCC(O)CC4)CC[C@@H]32)C1. The fourth-order valence-electron chi connectivity index (χ4n) is 9.02. The Morgan fingerprint density at radius 3 is 2.40 bits per heavy atom. The lowest BCUT2D eigenvalue weighted by atomic mass is 9.49. The van der Waals surface area contributed by atoms with Gasteiger partial charge < -0.3 is 10.2 Å². The Kier molecular flexibility index (Phi) is 5.60. The second kappa shape index (κ2) is 7.85. The van der Waals surface area contributed by atoms with Crippen LogP contribution in [0.4, 0.5) is 0 Å². The van der Waals surface area contributed by atoms with Gasteiger partial charge in [0.2, 0.25) is 0 Å². The van der Waals surface area contributed by atoms with Crippen molar-refractivity contribution in [3.05, 3.63) is 0 Å². The number of aliphatic hydroxyl groups is 2. The molecule has 0 unspecified atom stereocenters. The molecule has 4 heteroatoms. The molecule has 5 aliphatic rings. The first-order chi connectivity index (χ1) is 14.3. The third-order valence-corrected chi connectivity index (χ3v) is 10.6. The van der Waals surface area contributed by atoms with Crippen molar-refractivity contribution in [3.63, 3.8) is 0 Å². The van der Waals surface area contributed by atoms with Crippen molar-refractivity contribution < 1.29 is 15.0 Å². The second-order valence-electron chi connectivity index (χ2n) is 12.3. The molecule has 1 heterocycles. The monoisotopic (exact) mass is 417 g/mol. The number of aliphatic hydroxyl groups excluding tert-OH is 1. The highest BCUT2D eigenvalue weighted by Gasteiger charge is 2.58. The van der Waals surface area contributed by atoms with Crippen LogP contribution in [-0.4, -0.2) is 52.2 Å². The minimum atomic E-state index is -0.438. The van der Waals surface area contributed by atoms with Gasteiger partial charge in [0.15, 0.2) is 0 Å². The third kappa shape index (κ3) is 3.69. The maximum Gasteiger partial charge on any atom is 0.150 e. The number of piperidine rings is 1. The van der Waals surface area contributed by atoms with Crippen LogP contribution < -0.4 is 0 Å². The van der Waals surface area contributed by atoms with Crippen molar-refractivity contribution in [2.75, 3.05) is 19.6 Å². The van der Waals surface area contributed by atoms with E-state index < -0.39 is 5.60 Å².